The number of aryl methyl sites for hydroxylation is 2. The average Bonchev–Trinajstić information content (AvgIpc) is 2.98. The van der Waals surface area contributed by atoms with Crippen LogP contribution in [0.2, 0.25) is 5.02 Å². The monoisotopic (exact) mass is 453 g/mol. The third-order valence-electron chi connectivity index (χ3n) is 4.50. The Bertz CT molecular complexity index is 1080. The number of nitrogens with zero attached hydrogens (tertiary/aromatic N) is 1. The van der Waals surface area contributed by atoms with Gasteiger partial charge in [-0.15, -0.1) is 23.1 Å². The molecule has 0 saturated carbocycles. The van der Waals surface area contributed by atoms with Gasteiger partial charge in [-0.3, -0.25) is 0 Å². The summed E-state index contributed by atoms with van der Waals surface area (Å²) in [4.78, 5) is 1.17. The molecule has 3 nitrogen and oxygen atoms in total. The van der Waals surface area contributed by atoms with Crippen LogP contribution in [0.4, 0.5) is 0 Å². The quantitative estimate of drug-likeness (QED) is 0.372. The Kier molecular flexibility index (Phi) is 7.10. The summed E-state index contributed by atoms with van der Waals surface area (Å²) >= 11 is 9.13. The summed E-state index contributed by atoms with van der Waals surface area (Å²) in [5, 5.41) is 1.54. The summed E-state index contributed by atoms with van der Waals surface area (Å²) < 4.78 is 29.8. The van der Waals surface area contributed by atoms with Gasteiger partial charge in [0.25, 0.3) is 10.0 Å². The fourth-order valence-electron chi connectivity index (χ4n) is 3.11. The maximum Gasteiger partial charge on any atom is 0.252 e. The maximum absolute atomic E-state index is 13.4. The van der Waals surface area contributed by atoms with Gasteiger partial charge >= 0.3 is 0 Å². The molecular weight excluding hydrogens is 430 g/mol. The van der Waals surface area contributed by atoms with Crippen molar-refractivity contribution >= 4 is 54.8 Å². The Morgan fingerprint density at radius 2 is 1.89 bits per heavy atom. The Balaban J connectivity index is 1.83. The van der Waals surface area contributed by atoms with Crippen molar-refractivity contribution in [2.45, 2.75) is 36.3 Å². The molecule has 0 atom stereocenters. The number of thiophene rings is 1. The third-order valence-corrected chi connectivity index (χ3v) is 9.48. The first-order valence-electron chi connectivity index (χ1n) is 9.21. The van der Waals surface area contributed by atoms with Crippen molar-refractivity contribution in [2.24, 2.45) is 0 Å². The van der Waals surface area contributed by atoms with E-state index in [0.717, 1.165) is 27.8 Å². The summed E-state index contributed by atoms with van der Waals surface area (Å²) in [6, 6.07) is 13.8. The van der Waals surface area contributed by atoms with Crippen LogP contribution in [-0.4, -0.2) is 31.6 Å². The summed E-state index contributed by atoms with van der Waals surface area (Å²) in [6.45, 7) is 6.95. The Labute approximate surface area is 180 Å². The molecule has 0 fully saturated rings. The van der Waals surface area contributed by atoms with Gasteiger partial charge in [-0.05, 0) is 61.5 Å². The summed E-state index contributed by atoms with van der Waals surface area (Å²) in [5.41, 5.74) is 2.00. The van der Waals surface area contributed by atoms with Gasteiger partial charge in [0.1, 0.15) is 4.21 Å². The van der Waals surface area contributed by atoms with Crippen LogP contribution in [0.3, 0.4) is 0 Å². The predicted molar refractivity (Wildman–Crippen MR) is 123 cm³/mol. The number of hydrogen-bond acceptors (Lipinski definition) is 4. The van der Waals surface area contributed by atoms with E-state index in [9.17, 15) is 8.42 Å². The number of benzene rings is 2. The van der Waals surface area contributed by atoms with Crippen molar-refractivity contribution in [3.63, 3.8) is 0 Å². The second-order valence-corrected chi connectivity index (χ2v) is 11.5. The Morgan fingerprint density at radius 3 is 2.61 bits per heavy atom. The van der Waals surface area contributed by atoms with E-state index in [2.05, 4.69) is 25.1 Å². The van der Waals surface area contributed by atoms with Crippen LogP contribution in [0.1, 0.15) is 24.5 Å². The van der Waals surface area contributed by atoms with E-state index in [0.29, 0.717) is 22.3 Å². The van der Waals surface area contributed by atoms with Gasteiger partial charge in [0.05, 0.1) is 0 Å². The molecule has 0 aliphatic rings. The first-order chi connectivity index (χ1) is 13.3. The van der Waals surface area contributed by atoms with Crippen molar-refractivity contribution < 1.29 is 8.42 Å². The van der Waals surface area contributed by atoms with Crippen molar-refractivity contribution in [3.8, 4) is 0 Å². The fraction of sp³-hybridized carbons (Fsp3) is 0.333. The second-order valence-electron chi connectivity index (χ2n) is 6.72. The molecule has 2 aromatic carbocycles. The van der Waals surface area contributed by atoms with Gasteiger partial charge in [-0.25, -0.2) is 8.42 Å². The zero-order valence-corrected chi connectivity index (χ0v) is 19.4. The minimum Gasteiger partial charge on any atom is -0.206 e. The molecule has 28 heavy (non-hydrogen) atoms. The van der Waals surface area contributed by atoms with E-state index in [1.54, 1.807) is 22.1 Å². The smallest absolute Gasteiger partial charge is 0.206 e. The predicted octanol–water partition coefficient (Wildman–Crippen LogP) is 6.36. The molecule has 1 heterocycles. The van der Waals surface area contributed by atoms with Gasteiger partial charge in [-0.2, -0.15) is 4.31 Å². The summed E-state index contributed by atoms with van der Waals surface area (Å²) in [6.07, 6.45) is 0.782. The van der Waals surface area contributed by atoms with Crippen molar-refractivity contribution in [1.82, 2.24) is 4.31 Å². The molecule has 0 bridgehead atoms. The van der Waals surface area contributed by atoms with E-state index >= 15 is 0 Å². The number of halogens is 1. The molecule has 0 aliphatic heterocycles. The van der Waals surface area contributed by atoms with Crippen LogP contribution in [-0.2, 0) is 10.0 Å². The largest absolute Gasteiger partial charge is 0.252 e. The van der Waals surface area contributed by atoms with Gasteiger partial charge in [0.2, 0.25) is 0 Å². The van der Waals surface area contributed by atoms with Crippen LogP contribution in [0.5, 0.6) is 0 Å². The van der Waals surface area contributed by atoms with Gasteiger partial charge in [0.15, 0.2) is 0 Å². The van der Waals surface area contributed by atoms with E-state index < -0.39 is 10.0 Å². The van der Waals surface area contributed by atoms with Crippen molar-refractivity contribution in [1.29, 1.82) is 0 Å². The lowest BCUT2D eigenvalue weighted by Crippen LogP contribution is -2.33. The van der Waals surface area contributed by atoms with E-state index in [-0.39, 0.29) is 0 Å². The molecule has 0 saturated heterocycles. The highest BCUT2D eigenvalue weighted by atomic mass is 35.5. The topological polar surface area (TPSA) is 37.4 Å². The van der Waals surface area contributed by atoms with Gasteiger partial charge in [-0.1, -0.05) is 36.2 Å². The molecule has 7 heteroatoms. The SMILES string of the molecule is CCCN(CCSc1cccc(C)c1)S(=O)(=O)c1sc2ccc(Cl)cc2c1C. The first kappa shape index (κ1) is 21.7. The first-order valence-corrected chi connectivity index (χ1v) is 12.8. The van der Waals surface area contributed by atoms with Crippen LogP contribution in [0.25, 0.3) is 10.1 Å². The number of sulfonamides is 1. The third kappa shape index (κ3) is 4.74. The molecule has 3 rings (SSSR count). The highest BCUT2D eigenvalue weighted by Crippen LogP contribution is 2.37. The standard InChI is InChI=1S/C21H24ClNO2S3/c1-4-10-23(11-12-26-18-7-5-6-15(2)13-18)28(24,25)21-16(3)19-14-17(22)8-9-20(19)27-21/h5-9,13-14H,4,10-12H2,1-3H3. The lowest BCUT2D eigenvalue weighted by Gasteiger charge is -2.21. The summed E-state index contributed by atoms with van der Waals surface area (Å²) in [7, 11) is -3.54. The van der Waals surface area contributed by atoms with E-state index in [1.165, 1.54) is 21.8 Å². The average molecular weight is 454 g/mol. The Hall–Kier alpha value is -1.05. The molecule has 0 spiro atoms. The highest BCUT2D eigenvalue weighted by molar-refractivity contribution is 7.99. The molecule has 0 amide bonds. The normalized spacial score (nSPS) is 12.2. The van der Waals surface area contributed by atoms with Crippen molar-refractivity contribution in [3.05, 3.63) is 58.6 Å². The van der Waals surface area contributed by atoms with Gasteiger partial charge < -0.3 is 0 Å². The maximum atomic E-state index is 13.4. The minimum atomic E-state index is -3.54. The van der Waals surface area contributed by atoms with Crippen LogP contribution >= 0.6 is 34.7 Å². The van der Waals surface area contributed by atoms with Crippen LogP contribution in [0, 0.1) is 13.8 Å². The molecule has 0 aliphatic carbocycles. The summed E-state index contributed by atoms with van der Waals surface area (Å²) in [5.74, 6) is 0.721. The van der Waals surface area contributed by atoms with Gasteiger partial charge in [0, 0.05) is 33.5 Å². The molecule has 0 N–H and O–H groups in total. The van der Waals surface area contributed by atoms with Crippen molar-refractivity contribution in [2.75, 3.05) is 18.8 Å². The van der Waals surface area contributed by atoms with Crippen LogP contribution in [0.15, 0.2) is 51.6 Å². The Morgan fingerprint density at radius 1 is 1.11 bits per heavy atom. The minimum absolute atomic E-state index is 0.429. The number of fused-ring (bicyclic) bond motifs is 1. The molecular formula is C21H24ClNO2S3. The molecule has 150 valence electrons. The lowest BCUT2D eigenvalue weighted by molar-refractivity contribution is 0.430. The zero-order valence-electron chi connectivity index (χ0n) is 16.2. The number of thioether (sulfide) groups is 1. The molecule has 0 unspecified atom stereocenters. The van der Waals surface area contributed by atoms with E-state index in [4.69, 9.17) is 11.6 Å². The molecule has 0 radical (unpaired) electrons. The lowest BCUT2D eigenvalue weighted by atomic mass is 10.2. The zero-order chi connectivity index (χ0) is 20.3. The second kappa shape index (κ2) is 9.18. The molecule has 3 aromatic rings. The molecule has 1 aromatic heterocycles. The fourth-order valence-corrected chi connectivity index (χ4v) is 7.80. The highest BCUT2D eigenvalue weighted by Gasteiger charge is 2.28. The van der Waals surface area contributed by atoms with E-state index in [1.807, 2.05) is 32.0 Å². The number of rotatable bonds is 8. The number of hydrogen-bond donors (Lipinski definition) is 0. The van der Waals surface area contributed by atoms with Crippen LogP contribution < -0.4 is 0 Å².